The Labute approximate surface area is 127 Å². The fourth-order valence-electron chi connectivity index (χ4n) is 2.45. The maximum absolute atomic E-state index is 12.1. The van der Waals surface area contributed by atoms with E-state index in [1.54, 1.807) is 6.07 Å². The molecule has 0 atom stereocenters. The van der Waals surface area contributed by atoms with E-state index in [4.69, 9.17) is 10.5 Å². The number of ether oxygens (including phenoxy) is 1. The number of hydrogen-bond acceptors (Lipinski definition) is 4. The summed E-state index contributed by atoms with van der Waals surface area (Å²) in [5.41, 5.74) is 8.33. The van der Waals surface area contributed by atoms with Gasteiger partial charge in [-0.15, -0.1) is 0 Å². The molecule has 4 nitrogen and oxygen atoms in total. The van der Waals surface area contributed by atoms with E-state index in [0.29, 0.717) is 12.3 Å². The van der Waals surface area contributed by atoms with Crippen LogP contribution in [0.15, 0.2) is 6.07 Å². The quantitative estimate of drug-likeness (QED) is 0.330. The molecule has 0 radical (unpaired) electrons. The van der Waals surface area contributed by atoms with E-state index in [-0.39, 0.29) is 11.3 Å². The molecule has 21 heavy (non-hydrogen) atoms. The van der Waals surface area contributed by atoms with Crippen LogP contribution in [0.3, 0.4) is 0 Å². The highest BCUT2D eigenvalue weighted by Crippen LogP contribution is 2.33. The Kier molecular flexibility index (Phi) is 7.06. The number of anilines is 1. The fourth-order valence-corrected chi connectivity index (χ4v) is 2.45. The molecule has 4 heteroatoms. The number of nitrogen functional groups attached to an aromatic ring is 1. The Hall–Kier alpha value is -1.71. The lowest BCUT2D eigenvalue weighted by molar-refractivity contribution is 0.0494. The van der Waals surface area contributed by atoms with Gasteiger partial charge in [0, 0.05) is 0 Å². The van der Waals surface area contributed by atoms with Crippen molar-refractivity contribution >= 4 is 11.7 Å². The van der Waals surface area contributed by atoms with Crippen LogP contribution in [0.2, 0.25) is 0 Å². The van der Waals surface area contributed by atoms with Crippen LogP contribution in [0.5, 0.6) is 5.75 Å². The van der Waals surface area contributed by atoms with Gasteiger partial charge in [-0.2, -0.15) is 0 Å². The third-order valence-corrected chi connectivity index (χ3v) is 3.73. The third kappa shape index (κ3) is 4.38. The van der Waals surface area contributed by atoms with Crippen LogP contribution >= 0.6 is 0 Å². The SMILES string of the molecule is CCCCCCOC(=O)c1cc(CC)c(CC)c(N)c1O. The van der Waals surface area contributed by atoms with Crippen LogP contribution in [0, 0.1) is 0 Å². The van der Waals surface area contributed by atoms with Crippen LogP contribution in [-0.2, 0) is 17.6 Å². The Morgan fingerprint density at radius 3 is 2.48 bits per heavy atom. The van der Waals surface area contributed by atoms with Gasteiger partial charge in [-0.3, -0.25) is 0 Å². The number of phenols is 1. The van der Waals surface area contributed by atoms with E-state index in [2.05, 4.69) is 6.92 Å². The normalized spacial score (nSPS) is 10.6. The molecule has 0 heterocycles. The number of carbonyl (C=O) groups excluding carboxylic acids is 1. The maximum atomic E-state index is 12.1. The molecule has 0 saturated heterocycles. The molecule has 118 valence electrons. The van der Waals surface area contributed by atoms with Crippen molar-refractivity contribution in [2.24, 2.45) is 0 Å². The summed E-state index contributed by atoms with van der Waals surface area (Å²) in [7, 11) is 0. The number of carbonyl (C=O) groups is 1. The summed E-state index contributed by atoms with van der Waals surface area (Å²) < 4.78 is 5.23. The van der Waals surface area contributed by atoms with Crippen LogP contribution < -0.4 is 5.73 Å². The van der Waals surface area contributed by atoms with Gasteiger partial charge in [0.15, 0.2) is 5.75 Å². The van der Waals surface area contributed by atoms with Gasteiger partial charge >= 0.3 is 5.97 Å². The minimum absolute atomic E-state index is 0.150. The average molecular weight is 293 g/mol. The summed E-state index contributed by atoms with van der Waals surface area (Å²) in [6.45, 7) is 6.50. The number of hydrogen-bond donors (Lipinski definition) is 2. The second-order valence-corrected chi connectivity index (χ2v) is 5.23. The minimum Gasteiger partial charge on any atom is -0.505 e. The molecule has 0 aromatic heterocycles. The van der Waals surface area contributed by atoms with Crippen LogP contribution in [0.4, 0.5) is 5.69 Å². The molecule has 0 aliphatic rings. The van der Waals surface area contributed by atoms with Gasteiger partial charge in [0.1, 0.15) is 5.56 Å². The predicted octanol–water partition coefficient (Wildman–Crippen LogP) is 3.84. The number of unbranched alkanes of at least 4 members (excludes halogenated alkanes) is 3. The van der Waals surface area contributed by atoms with Crippen molar-refractivity contribution in [1.82, 2.24) is 0 Å². The smallest absolute Gasteiger partial charge is 0.342 e. The van der Waals surface area contributed by atoms with Crippen molar-refractivity contribution in [3.05, 3.63) is 22.8 Å². The lowest BCUT2D eigenvalue weighted by Crippen LogP contribution is -2.10. The fraction of sp³-hybridized carbons (Fsp3) is 0.588. The van der Waals surface area contributed by atoms with E-state index in [1.807, 2.05) is 13.8 Å². The average Bonchev–Trinajstić information content (AvgIpc) is 2.49. The van der Waals surface area contributed by atoms with Gasteiger partial charge in [0.05, 0.1) is 12.3 Å². The summed E-state index contributed by atoms with van der Waals surface area (Å²) >= 11 is 0. The van der Waals surface area contributed by atoms with Crippen molar-refractivity contribution in [1.29, 1.82) is 0 Å². The molecule has 0 aliphatic heterocycles. The van der Waals surface area contributed by atoms with Gasteiger partial charge in [0.2, 0.25) is 0 Å². The molecule has 0 spiro atoms. The highest BCUT2D eigenvalue weighted by atomic mass is 16.5. The topological polar surface area (TPSA) is 72.5 Å². The standard InChI is InChI=1S/C17H27NO3/c1-4-7-8-9-10-21-17(20)14-11-12(5-2)13(6-3)15(18)16(14)19/h11,19H,4-10,18H2,1-3H3. The molecule has 3 N–H and O–H groups in total. The van der Waals surface area contributed by atoms with Crippen molar-refractivity contribution in [3.63, 3.8) is 0 Å². The second-order valence-electron chi connectivity index (χ2n) is 5.23. The zero-order chi connectivity index (χ0) is 15.8. The first kappa shape index (κ1) is 17.3. The van der Waals surface area contributed by atoms with Crippen molar-refractivity contribution in [3.8, 4) is 5.75 Å². The number of aromatic hydroxyl groups is 1. The lowest BCUT2D eigenvalue weighted by Gasteiger charge is -2.15. The molecular formula is C17H27NO3. The Morgan fingerprint density at radius 1 is 1.19 bits per heavy atom. The van der Waals surface area contributed by atoms with E-state index >= 15 is 0 Å². The molecule has 1 rings (SSSR count). The molecule has 0 saturated carbocycles. The largest absolute Gasteiger partial charge is 0.505 e. The van der Waals surface area contributed by atoms with E-state index in [9.17, 15) is 9.90 Å². The van der Waals surface area contributed by atoms with Gasteiger partial charge in [-0.25, -0.2) is 4.79 Å². The monoisotopic (exact) mass is 293 g/mol. The Bertz CT molecular complexity index is 483. The molecular weight excluding hydrogens is 266 g/mol. The minimum atomic E-state index is -0.493. The lowest BCUT2D eigenvalue weighted by atomic mass is 9.97. The van der Waals surface area contributed by atoms with Gasteiger partial charge < -0.3 is 15.6 Å². The third-order valence-electron chi connectivity index (χ3n) is 3.73. The van der Waals surface area contributed by atoms with Gasteiger partial charge in [0.25, 0.3) is 0 Å². The number of rotatable bonds is 8. The Balaban J connectivity index is 2.82. The molecule has 1 aromatic rings. The van der Waals surface area contributed by atoms with Gasteiger partial charge in [-0.05, 0) is 36.5 Å². The molecule has 0 unspecified atom stereocenters. The number of nitrogens with two attached hydrogens (primary N) is 1. The van der Waals surface area contributed by atoms with Crippen molar-refractivity contribution in [2.75, 3.05) is 12.3 Å². The first-order valence-electron chi connectivity index (χ1n) is 7.86. The zero-order valence-corrected chi connectivity index (χ0v) is 13.4. The molecule has 0 bridgehead atoms. The summed E-state index contributed by atoms with van der Waals surface area (Å²) in [6.07, 6.45) is 5.68. The summed E-state index contributed by atoms with van der Waals surface area (Å²) in [6, 6.07) is 1.71. The second kappa shape index (κ2) is 8.55. The van der Waals surface area contributed by atoms with Crippen LogP contribution in [0.25, 0.3) is 0 Å². The number of aryl methyl sites for hydroxylation is 1. The van der Waals surface area contributed by atoms with Crippen molar-refractivity contribution in [2.45, 2.75) is 59.3 Å². The maximum Gasteiger partial charge on any atom is 0.342 e. The van der Waals surface area contributed by atoms with E-state index < -0.39 is 5.97 Å². The number of phenolic OH excluding ortho intramolecular Hbond substituents is 1. The predicted molar refractivity (Wildman–Crippen MR) is 85.7 cm³/mol. The Morgan fingerprint density at radius 2 is 1.90 bits per heavy atom. The molecule has 1 aromatic carbocycles. The van der Waals surface area contributed by atoms with Crippen LogP contribution in [0.1, 0.15) is 67.9 Å². The first-order valence-corrected chi connectivity index (χ1v) is 7.86. The summed E-state index contributed by atoms with van der Waals surface area (Å²) in [5, 5.41) is 10.1. The highest BCUT2D eigenvalue weighted by Gasteiger charge is 2.19. The molecule has 0 aliphatic carbocycles. The molecule has 0 amide bonds. The van der Waals surface area contributed by atoms with Gasteiger partial charge in [-0.1, -0.05) is 40.0 Å². The van der Waals surface area contributed by atoms with E-state index in [0.717, 1.165) is 49.7 Å². The first-order chi connectivity index (χ1) is 10.1. The zero-order valence-electron chi connectivity index (χ0n) is 13.4. The number of benzene rings is 1. The van der Waals surface area contributed by atoms with Crippen LogP contribution in [-0.4, -0.2) is 17.7 Å². The van der Waals surface area contributed by atoms with E-state index in [1.165, 1.54) is 0 Å². The summed E-state index contributed by atoms with van der Waals surface area (Å²) in [4.78, 5) is 12.1. The summed E-state index contributed by atoms with van der Waals surface area (Å²) in [5.74, 6) is -0.643. The molecule has 0 fully saturated rings. The van der Waals surface area contributed by atoms with Crippen molar-refractivity contribution < 1.29 is 14.6 Å². The number of esters is 1. The highest BCUT2D eigenvalue weighted by molar-refractivity contribution is 5.95.